The zero-order chi connectivity index (χ0) is 20.5. The number of hydrogen-bond acceptors (Lipinski definition) is 5. The number of nitrogens with one attached hydrogen (secondary N) is 1. The molecule has 0 spiro atoms. The Hall–Kier alpha value is -3.81. The van der Waals surface area contributed by atoms with Crippen LogP contribution in [0.3, 0.4) is 0 Å². The normalized spacial score (nSPS) is 15.4. The van der Waals surface area contributed by atoms with Crippen molar-refractivity contribution in [3.63, 3.8) is 0 Å². The van der Waals surface area contributed by atoms with Crippen LogP contribution in [-0.4, -0.2) is 40.8 Å². The third-order valence-corrected chi connectivity index (χ3v) is 4.98. The van der Waals surface area contributed by atoms with Gasteiger partial charge in [-0.15, -0.1) is 0 Å². The first-order valence-corrected chi connectivity index (χ1v) is 8.94. The number of amides is 1. The summed E-state index contributed by atoms with van der Waals surface area (Å²) in [7, 11) is 3.14. The number of benzene rings is 2. The van der Waals surface area contributed by atoms with Crippen molar-refractivity contribution >= 4 is 17.7 Å². The summed E-state index contributed by atoms with van der Waals surface area (Å²) < 4.78 is 12.5. The third-order valence-electron chi connectivity index (χ3n) is 4.98. The summed E-state index contributed by atoms with van der Waals surface area (Å²) in [6, 6.07) is 11.9. The lowest BCUT2D eigenvalue weighted by atomic mass is 9.89. The molecule has 0 saturated carbocycles. The van der Waals surface area contributed by atoms with Gasteiger partial charge in [-0.05, 0) is 29.8 Å². The van der Waals surface area contributed by atoms with Crippen molar-refractivity contribution in [2.24, 2.45) is 0 Å². The first-order valence-electron chi connectivity index (χ1n) is 8.94. The number of carboxylic acids is 1. The van der Waals surface area contributed by atoms with Crippen molar-refractivity contribution in [2.75, 3.05) is 19.5 Å². The predicted molar refractivity (Wildman–Crippen MR) is 105 cm³/mol. The van der Waals surface area contributed by atoms with Crippen molar-refractivity contribution < 1.29 is 24.2 Å². The number of fused-ring (bicyclic) bond motifs is 1. The Morgan fingerprint density at radius 3 is 2.59 bits per heavy atom. The monoisotopic (exact) mass is 393 g/mol. The fourth-order valence-corrected chi connectivity index (χ4v) is 3.51. The molecule has 148 valence electrons. The van der Waals surface area contributed by atoms with E-state index >= 15 is 0 Å². The minimum atomic E-state index is -0.991. The average Bonchev–Trinajstić information content (AvgIpc) is 3.16. The predicted octanol–water partition coefficient (Wildman–Crippen LogP) is 3.06. The fraction of sp³-hybridized carbons (Fsp3) is 0.190. The molecule has 8 heteroatoms. The standard InChI is InChI=1S/C21H19N3O5/c1-28-14-7-8-16(17(9-14)29-2)24-11-22-19-15(10-18(25)23-20(19)24)12-3-5-13(6-4-12)21(26)27/h3-9,11,15H,10H2,1-2H3,(H,23,25)(H,26,27)/t15-/m1/s1. The Kier molecular flexibility index (Phi) is 4.67. The van der Waals surface area contributed by atoms with Gasteiger partial charge in [0.15, 0.2) is 0 Å². The molecular weight excluding hydrogens is 374 g/mol. The lowest BCUT2D eigenvalue weighted by molar-refractivity contribution is -0.116. The van der Waals surface area contributed by atoms with Crippen molar-refractivity contribution in [3.05, 3.63) is 65.6 Å². The van der Waals surface area contributed by atoms with E-state index in [0.29, 0.717) is 28.7 Å². The maximum absolute atomic E-state index is 12.4. The summed E-state index contributed by atoms with van der Waals surface area (Å²) in [6.45, 7) is 0. The highest BCUT2D eigenvalue weighted by Crippen LogP contribution is 2.39. The zero-order valence-electron chi connectivity index (χ0n) is 15.9. The topological polar surface area (TPSA) is 103 Å². The second kappa shape index (κ2) is 7.31. The molecule has 1 atom stereocenters. The first-order chi connectivity index (χ1) is 14.0. The van der Waals surface area contributed by atoms with Crippen molar-refractivity contribution in [2.45, 2.75) is 12.3 Å². The minimum Gasteiger partial charge on any atom is -0.497 e. The highest BCUT2D eigenvalue weighted by atomic mass is 16.5. The van der Waals surface area contributed by atoms with Gasteiger partial charge in [-0.2, -0.15) is 0 Å². The van der Waals surface area contributed by atoms with E-state index in [0.717, 1.165) is 5.56 Å². The number of aromatic carboxylic acids is 1. The van der Waals surface area contributed by atoms with Crippen LogP contribution in [-0.2, 0) is 4.79 Å². The zero-order valence-corrected chi connectivity index (χ0v) is 15.9. The number of anilines is 1. The van der Waals surface area contributed by atoms with Crippen LogP contribution >= 0.6 is 0 Å². The number of rotatable bonds is 5. The third kappa shape index (κ3) is 3.29. The Morgan fingerprint density at radius 2 is 1.93 bits per heavy atom. The number of imidazole rings is 1. The highest BCUT2D eigenvalue weighted by molar-refractivity contribution is 5.94. The highest BCUT2D eigenvalue weighted by Gasteiger charge is 2.31. The molecule has 0 bridgehead atoms. The number of ether oxygens (including phenoxy) is 2. The molecule has 1 aliphatic heterocycles. The minimum absolute atomic E-state index is 0.140. The summed E-state index contributed by atoms with van der Waals surface area (Å²) >= 11 is 0. The Labute approximate surface area is 166 Å². The molecule has 1 aromatic heterocycles. The molecule has 4 rings (SSSR count). The number of carbonyl (C=O) groups is 2. The van der Waals surface area contributed by atoms with Gasteiger partial charge in [0.2, 0.25) is 5.91 Å². The number of hydrogen-bond donors (Lipinski definition) is 2. The lowest BCUT2D eigenvalue weighted by Gasteiger charge is -2.24. The average molecular weight is 393 g/mol. The Bertz CT molecular complexity index is 1090. The van der Waals surface area contributed by atoms with E-state index in [1.807, 2.05) is 6.07 Å². The van der Waals surface area contributed by atoms with Gasteiger partial charge in [0.1, 0.15) is 23.6 Å². The van der Waals surface area contributed by atoms with E-state index in [1.54, 1.807) is 49.4 Å². The lowest BCUT2D eigenvalue weighted by Crippen LogP contribution is -2.25. The molecule has 0 saturated heterocycles. The Balaban J connectivity index is 1.78. The van der Waals surface area contributed by atoms with Gasteiger partial charge in [0.05, 0.1) is 31.2 Å². The van der Waals surface area contributed by atoms with E-state index in [9.17, 15) is 9.59 Å². The van der Waals surface area contributed by atoms with Crippen LogP contribution < -0.4 is 14.8 Å². The summed E-state index contributed by atoms with van der Waals surface area (Å²) in [5.74, 6) is 0.393. The number of nitrogens with zero attached hydrogens (tertiary/aromatic N) is 2. The smallest absolute Gasteiger partial charge is 0.335 e. The fourth-order valence-electron chi connectivity index (χ4n) is 3.51. The second-order valence-corrected chi connectivity index (χ2v) is 6.62. The van der Waals surface area contributed by atoms with Crippen LogP contribution in [0.15, 0.2) is 48.8 Å². The van der Waals surface area contributed by atoms with Gasteiger partial charge in [0, 0.05) is 18.4 Å². The Morgan fingerprint density at radius 1 is 1.17 bits per heavy atom. The largest absolute Gasteiger partial charge is 0.497 e. The van der Waals surface area contributed by atoms with Crippen LogP contribution in [0.25, 0.3) is 5.69 Å². The van der Waals surface area contributed by atoms with Gasteiger partial charge in [0.25, 0.3) is 0 Å². The molecule has 0 fully saturated rings. The molecular formula is C21H19N3O5. The number of methoxy groups -OCH3 is 2. The van der Waals surface area contributed by atoms with Crippen LogP contribution in [0, 0.1) is 0 Å². The van der Waals surface area contributed by atoms with Crippen LogP contribution in [0.5, 0.6) is 11.5 Å². The van der Waals surface area contributed by atoms with Gasteiger partial charge in [-0.25, -0.2) is 9.78 Å². The number of carbonyl (C=O) groups excluding carboxylic acids is 1. The van der Waals surface area contributed by atoms with Crippen molar-refractivity contribution in [1.29, 1.82) is 0 Å². The summed E-state index contributed by atoms with van der Waals surface area (Å²) in [6.07, 6.45) is 1.87. The maximum Gasteiger partial charge on any atom is 0.335 e. The second-order valence-electron chi connectivity index (χ2n) is 6.62. The van der Waals surface area contributed by atoms with Crippen molar-refractivity contribution in [3.8, 4) is 17.2 Å². The van der Waals surface area contributed by atoms with Gasteiger partial charge in [-0.1, -0.05) is 12.1 Å². The molecule has 1 aliphatic rings. The molecule has 29 heavy (non-hydrogen) atoms. The molecule has 1 amide bonds. The van der Waals surface area contributed by atoms with Crippen molar-refractivity contribution in [1.82, 2.24) is 9.55 Å². The molecule has 2 N–H and O–H groups in total. The number of carboxylic acid groups (broad SMARTS) is 1. The first kappa shape index (κ1) is 18.5. The van der Waals surface area contributed by atoms with Crippen LogP contribution in [0.1, 0.15) is 34.0 Å². The van der Waals surface area contributed by atoms with E-state index in [4.69, 9.17) is 14.6 Å². The molecule has 2 heterocycles. The molecule has 3 aromatic rings. The quantitative estimate of drug-likeness (QED) is 0.691. The SMILES string of the molecule is COc1ccc(-n2cnc3c2NC(=O)C[C@@H]3c2ccc(C(=O)O)cc2)c(OC)c1. The van der Waals surface area contributed by atoms with Gasteiger partial charge >= 0.3 is 5.97 Å². The number of aromatic nitrogens is 2. The summed E-state index contributed by atoms with van der Waals surface area (Å²) in [4.78, 5) is 28.1. The summed E-state index contributed by atoms with van der Waals surface area (Å²) in [5, 5.41) is 12.0. The van der Waals surface area contributed by atoms with E-state index in [1.165, 1.54) is 12.1 Å². The maximum atomic E-state index is 12.4. The van der Waals surface area contributed by atoms with Gasteiger partial charge in [-0.3, -0.25) is 9.36 Å². The molecule has 0 aliphatic carbocycles. The summed E-state index contributed by atoms with van der Waals surface area (Å²) in [5.41, 5.74) is 2.45. The van der Waals surface area contributed by atoms with E-state index in [-0.39, 0.29) is 23.8 Å². The molecule has 0 radical (unpaired) electrons. The molecule has 2 aromatic carbocycles. The van der Waals surface area contributed by atoms with E-state index < -0.39 is 5.97 Å². The molecule has 0 unspecified atom stereocenters. The molecule has 8 nitrogen and oxygen atoms in total. The van der Waals surface area contributed by atoms with E-state index in [2.05, 4.69) is 10.3 Å². The van der Waals surface area contributed by atoms with Gasteiger partial charge < -0.3 is 19.9 Å². The van der Waals surface area contributed by atoms with Crippen LogP contribution in [0.2, 0.25) is 0 Å². The van der Waals surface area contributed by atoms with Crippen LogP contribution in [0.4, 0.5) is 5.82 Å².